The standard InChI is InChI=1S/C26H31N3O3/c1-3-22(20-10-6-4-7-11-20)27-23(30)18-28-24(31)26(16-8-5-9-17-26)29(25(28)32)21-14-12-19(2)13-15-21/h4,6-7,10-15,22H,3,5,8-9,16-18H2,1-2H3,(H,27,30)/t22-/m0/s1. The smallest absolute Gasteiger partial charge is 0.332 e. The molecule has 32 heavy (non-hydrogen) atoms. The fourth-order valence-electron chi connectivity index (χ4n) is 4.99. The Kier molecular flexibility index (Phi) is 6.31. The highest BCUT2D eigenvalue weighted by atomic mass is 16.2. The van der Waals surface area contributed by atoms with Crippen LogP contribution < -0.4 is 10.2 Å². The van der Waals surface area contributed by atoms with Gasteiger partial charge in [0.2, 0.25) is 5.91 Å². The van der Waals surface area contributed by atoms with E-state index in [4.69, 9.17) is 0 Å². The number of rotatable bonds is 6. The summed E-state index contributed by atoms with van der Waals surface area (Å²) in [6.07, 6.45) is 4.83. The lowest BCUT2D eigenvalue weighted by atomic mass is 9.80. The zero-order valence-electron chi connectivity index (χ0n) is 18.8. The predicted molar refractivity (Wildman–Crippen MR) is 124 cm³/mol. The van der Waals surface area contributed by atoms with Gasteiger partial charge in [0.25, 0.3) is 5.91 Å². The van der Waals surface area contributed by atoms with Gasteiger partial charge in [0, 0.05) is 5.69 Å². The number of hydrogen-bond acceptors (Lipinski definition) is 3. The zero-order chi connectivity index (χ0) is 22.7. The topological polar surface area (TPSA) is 69.7 Å². The third-order valence-corrected chi connectivity index (χ3v) is 6.71. The molecule has 2 aromatic carbocycles. The van der Waals surface area contributed by atoms with E-state index in [1.165, 1.54) is 0 Å². The molecule has 4 amide bonds. The highest BCUT2D eigenvalue weighted by Crippen LogP contribution is 2.43. The van der Waals surface area contributed by atoms with Gasteiger partial charge in [-0.15, -0.1) is 0 Å². The molecule has 1 aliphatic carbocycles. The van der Waals surface area contributed by atoms with Crippen LogP contribution in [0.15, 0.2) is 54.6 Å². The molecule has 1 atom stereocenters. The Morgan fingerprint density at radius 3 is 2.28 bits per heavy atom. The van der Waals surface area contributed by atoms with Crippen molar-refractivity contribution in [1.29, 1.82) is 0 Å². The van der Waals surface area contributed by atoms with Gasteiger partial charge in [0.1, 0.15) is 12.1 Å². The average Bonchev–Trinajstić information content (AvgIpc) is 3.00. The predicted octanol–water partition coefficient (Wildman–Crippen LogP) is 4.73. The Bertz CT molecular complexity index is 981. The van der Waals surface area contributed by atoms with Crippen LogP contribution in [0, 0.1) is 6.92 Å². The Hall–Kier alpha value is -3.15. The van der Waals surface area contributed by atoms with Gasteiger partial charge < -0.3 is 5.32 Å². The molecular weight excluding hydrogens is 402 g/mol. The highest BCUT2D eigenvalue weighted by Gasteiger charge is 2.58. The summed E-state index contributed by atoms with van der Waals surface area (Å²) in [5, 5.41) is 3.00. The number of hydrogen-bond donors (Lipinski definition) is 1. The fourth-order valence-corrected chi connectivity index (χ4v) is 4.99. The van der Waals surface area contributed by atoms with Crippen molar-refractivity contribution >= 4 is 23.5 Å². The van der Waals surface area contributed by atoms with Crippen LogP contribution in [0.3, 0.4) is 0 Å². The monoisotopic (exact) mass is 433 g/mol. The van der Waals surface area contributed by atoms with Gasteiger partial charge in [-0.1, -0.05) is 74.2 Å². The molecule has 0 aromatic heterocycles. The van der Waals surface area contributed by atoms with Gasteiger partial charge in [-0.25, -0.2) is 4.79 Å². The minimum Gasteiger partial charge on any atom is -0.348 e. The number of urea groups is 1. The van der Waals surface area contributed by atoms with Crippen LogP contribution in [0.1, 0.15) is 62.6 Å². The van der Waals surface area contributed by atoms with Crippen LogP contribution >= 0.6 is 0 Å². The van der Waals surface area contributed by atoms with Gasteiger partial charge in [-0.05, 0) is 43.9 Å². The lowest BCUT2D eigenvalue weighted by Gasteiger charge is -2.38. The molecule has 1 saturated heterocycles. The molecule has 0 unspecified atom stereocenters. The van der Waals surface area contributed by atoms with E-state index in [2.05, 4.69) is 5.32 Å². The van der Waals surface area contributed by atoms with E-state index in [1.807, 2.05) is 68.4 Å². The molecule has 2 fully saturated rings. The number of amides is 4. The molecule has 2 aliphatic rings. The van der Waals surface area contributed by atoms with E-state index >= 15 is 0 Å². The number of anilines is 1. The summed E-state index contributed by atoms with van der Waals surface area (Å²) in [4.78, 5) is 42.8. The largest absolute Gasteiger partial charge is 0.348 e. The molecule has 168 valence electrons. The van der Waals surface area contributed by atoms with E-state index < -0.39 is 11.6 Å². The Labute approximate surface area is 189 Å². The van der Waals surface area contributed by atoms with Crippen LogP contribution in [0.2, 0.25) is 0 Å². The maximum atomic E-state index is 13.6. The van der Waals surface area contributed by atoms with Gasteiger partial charge >= 0.3 is 6.03 Å². The van der Waals surface area contributed by atoms with E-state index in [0.29, 0.717) is 12.8 Å². The van der Waals surface area contributed by atoms with Crippen molar-refractivity contribution in [3.05, 3.63) is 65.7 Å². The number of carbonyl (C=O) groups excluding carboxylic acids is 3. The third-order valence-electron chi connectivity index (χ3n) is 6.71. The molecule has 0 bridgehead atoms. The molecule has 1 N–H and O–H groups in total. The number of nitrogens with zero attached hydrogens (tertiary/aromatic N) is 2. The highest BCUT2D eigenvalue weighted by molar-refractivity contribution is 6.18. The summed E-state index contributed by atoms with van der Waals surface area (Å²) in [6, 6.07) is 16.9. The second-order valence-corrected chi connectivity index (χ2v) is 8.88. The minimum absolute atomic E-state index is 0.159. The lowest BCUT2D eigenvalue weighted by Crippen LogP contribution is -2.51. The first kappa shape index (κ1) is 22.1. The number of nitrogens with one attached hydrogen (secondary N) is 1. The van der Waals surface area contributed by atoms with E-state index in [-0.39, 0.29) is 24.4 Å². The minimum atomic E-state index is -0.880. The normalized spacial score (nSPS) is 18.8. The van der Waals surface area contributed by atoms with Gasteiger partial charge in [0.05, 0.1) is 6.04 Å². The van der Waals surface area contributed by atoms with Gasteiger partial charge in [0.15, 0.2) is 0 Å². The van der Waals surface area contributed by atoms with Gasteiger partial charge in [-0.2, -0.15) is 0 Å². The summed E-state index contributed by atoms with van der Waals surface area (Å²) in [5.41, 5.74) is 1.93. The number of imide groups is 1. The molecule has 4 rings (SSSR count). The number of aryl methyl sites for hydroxylation is 1. The molecule has 1 saturated carbocycles. The van der Waals surface area contributed by atoms with Crippen molar-refractivity contribution in [2.24, 2.45) is 0 Å². The summed E-state index contributed by atoms with van der Waals surface area (Å²) in [5.74, 6) is -0.565. The first-order valence-electron chi connectivity index (χ1n) is 11.5. The zero-order valence-corrected chi connectivity index (χ0v) is 18.8. The Morgan fingerprint density at radius 2 is 1.66 bits per heavy atom. The molecule has 1 spiro atoms. The van der Waals surface area contributed by atoms with E-state index in [0.717, 1.165) is 47.4 Å². The van der Waals surface area contributed by atoms with Crippen molar-refractivity contribution in [2.45, 2.75) is 64.0 Å². The maximum absolute atomic E-state index is 13.6. The average molecular weight is 434 g/mol. The van der Waals surface area contributed by atoms with Crippen LogP contribution in [0.25, 0.3) is 0 Å². The first-order chi connectivity index (χ1) is 15.5. The quantitative estimate of drug-likeness (QED) is 0.670. The summed E-state index contributed by atoms with van der Waals surface area (Å²) in [7, 11) is 0. The molecule has 1 aliphatic heterocycles. The Morgan fingerprint density at radius 1 is 1.00 bits per heavy atom. The van der Waals surface area contributed by atoms with Crippen molar-refractivity contribution in [3.8, 4) is 0 Å². The van der Waals surface area contributed by atoms with Crippen LogP contribution in [0.5, 0.6) is 0 Å². The molecule has 2 aromatic rings. The van der Waals surface area contributed by atoms with E-state index in [9.17, 15) is 14.4 Å². The van der Waals surface area contributed by atoms with Gasteiger partial charge in [-0.3, -0.25) is 19.4 Å². The molecule has 6 heteroatoms. The second kappa shape index (κ2) is 9.15. The van der Waals surface area contributed by atoms with E-state index in [1.54, 1.807) is 4.90 Å². The third kappa shape index (κ3) is 4.01. The fraction of sp³-hybridized carbons (Fsp3) is 0.423. The van der Waals surface area contributed by atoms with Crippen molar-refractivity contribution < 1.29 is 14.4 Å². The van der Waals surface area contributed by atoms with Crippen LogP contribution in [-0.2, 0) is 9.59 Å². The molecule has 0 radical (unpaired) electrons. The SMILES string of the molecule is CC[C@H](NC(=O)CN1C(=O)N(c2ccc(C)cc2)C2(CCCCC2)C1=O)c1ccccc1. The molecule has 1 heterocycles. The lowest BCUT2D eigenvalue weighted by molar-refractivity contribution is -0.135. The first-order valence-corrected chi connectivity index (χ1v) is 11.5. The van der Waals surface area contributed by atoms with Crippen molar-refractivity contribution in [1.82, 2.24) is 10.2 Å². The second-order valence-electron chi connectivity index (χ2n) is 8.88. The van der Waals surface area contributed by atoms with Crippen LogP contribution in [-0.4, -0.2) is 34.8 Å². The summed E-state index contributed by atoms with van der Waals surface area (Å²) < 4.78 is 0. The van der Waals surface area contributed by atoms with Crippen LogP contribution in [0.4, 0.5) is 10.5 Å². The number of carbonyl (C=O) groups is 3. The molecular formula is C26H31N3O3. The number of benzene rings is 2. The maximum Gasteiger partial charge on any atom is 0.332 e. The molecule has 6 nitrogen and oxygen atoms in total. The summed E-state index contributed by atoms with van der Waals surface area (Å²) in [6.45, 7) is 3.73. The van der Waals surface area contributed by atoms with Crippen molar-refractivity contribution in [2.75, 3.05) is 11.4 Å². The summed E-state index contributed by atoms with van der Waals surface area (Å²) >= 11 is 0. The van der Waals surface area contributed by atoms with Crippen molar-refractivity contribution in [3.63, 3.8) is 0 Å². The Balaban J connectivity index is 1.57.